The molecule has 1 aliphatic heterocycles. The number of hydrogen-bond donors (Lipinski definition) is 3. The summed E-state index contributed by atoms with van der Waals surface area (Å²) in [5, 5.41) is 28.9. The lowest BCUT2D eigenvalue weighted by Gasteiger charge is -2.36. The van der Waals surface area contributed by atoms with E-state index in [1.165, 1.54) is 96.3 Å². The van der Waals surface area contributed by atoms with Crippen LogP contribution < -0.4 is 0 Å². The highest BCUT2D eigenvalue weighted by Crippen LogP contribution is 2.18. The van der Waals surface area contributed by atoms with Crippen LogP contribution in [0.2, 0.25) is 0 Å². The van der Waals surface area contributed by atoms with Gasteiger partial charge < -0.3 is 24.8 Å². The molecule has 0 saturated carbocycles. The lowest BCUT2D eigenvalue weighted by molar-refractivity contribution is -0.205. The highest BCUT2D eigenvalue weighted by molar-refractivity contribution is 4.89. The molecule has 0 radical (unpaired) electrons. The number of allylic oxidation sites excluding steroid dienone is 1. The molecule has 0 unspecified atom stereocenters. The van der Waals surface area contributed by atoms with E-state index >= 15 is 0 Å². The van der Waals surface area contributed by atoms with Crippen LogP contribution in [-0.4, -0.2) is 59.6 Å². The Morgan fingerprint density at radius 2 is 1.26 bits per heavy atom. The molecule has 1 heterocycles. The van der Waals surface area contributed by atoms with Crippen LogP contribution in [0.25, 0.3) is 0 Å². The van der Waals surface area contributed by atoms with E-state index in [9.17, 15) is 10.2 Å². The van der Waals surface area contributed by atoms with Gasteiger partial charge in [0.1, 0.15) is 24.4 Å². The van der Waals surface area contributed by atoms with Crippen LogP contribution in [0.5, 0.6) is 0 Å². The number of hydrogen-bond acceptors (Lipinski definition) is 5. The number of aliphatic hydroxyl groups excluding tert-OH is 3. The summed E-state index contributed by atoms with van der Waals surface area (Å²) >= 11 is 0. The smallest absolute Gasteiger partial charge is 0.111 e. The van der Waals surface area contributed by atoms with Crippen molar-refractivity contribution in [3.8, 4) is 0 Å². The van der Waals surface area contributed by atoms with Crippen LogP contribution >= 0.6 is 0 Å². The Morgan fingerprint density at radius 3 is 1.77 bits per heavy atom. The van der Waals surface area contributed by atoms with Crippen LogP contribution in [0, 0.1) is 0 Å². The van der Waals surface area contributed by atoms with E-state index < -0.39 is 24.4 Å². The fourth-order valence-electron chi connectivity index (χ4n) is 4.16. The van der Waals surface area contributed by atoms with E-state index in [2.05, 4.69) is 13.0 Å². The third-order valence-corrected chi connectivity index (χ3v) is 6.31. The van der Waals surface area contributed by atoms with E-state index in [0.717, 1.165) is 6.42 Å². The van der Waals surface area contributed by atoms with Gasteiger partial charge in [0, 0.05) is 0 Å². The molecule has 1 fully saturated rings. The average Bonchev–Trinajstić information content (AvgIpc) is 2.78. The van der Waals surface area contributed by atoms with Gasteiger partial charge in [0.25, 0.3) is 0 Å². The number of rotatable bonds is 20. The maximum atomic E-state index is 10.0. The second kappa shape index (κ2) is 20.2. The fourth-order valence-corrected chi connectivity index (χ4v) is 4.16. The van der Waals surface area contributed by atoms with Gasteiger partial charge in [0.2, 0.25) is 0 Å². The summed E-state index contributed by atoms with van der Waals surface area (Å²) in [6.45, 7) is 2.57. The highest BCUT2D eigenvalue weighted by atomic mass is 16.6. The van der Waals surface area contributed by atoms with Crippen LogP contribution in [0.4, 0.5) is 0 Å². The number of unbranched alkanes of at least 4 members (excludes halogenated alkanes) is 15. The second-order valence-corrected chi connectivity index (χ2v) is 9.12. The quantitative estimate of drug-likeness (QED) is 0.176. The first-order valence-electron chi connectivity index (χ1n) is 13.1. The lowest BCUT2D eigenvalue weighted by Crippen LogP contribution is -2.54. The predicted molar refractivity (Wildman–Crippen MR) is 127 cm³/mol. The standard InChI is InChI=1S/C26H50O5/c1-2-3-4-5-6-7-8-9-10-11-12-13-14-15-16-17-18-19-20-30-24-22-31-23(21-27)25(28)26(24)29/h18-19,23-29H,2-17,20-22H2,1H3/b19-18+/t23-,24+,25-,26-/m0/s1. The molecule has 3 N–H and O–H groups in total. The van der Waals surface area contributed by atoms with E-state index in [4.69, 9.17) is 14.6 Å². The Labute approximate surface area is 191 Å². The average molecular weight is 443 g/mol. The molecule has 0 bridgehead atoms. The van der Waals surface area contributed by atoms with Crippen molar-refractivity contribution in [1.82, 2.24) is 0 Å². The molecule has 0 aliphatic carbocycles. The molecule has 4 atom stereocenters. The minimum atomic E-state index is -1.10. The van der Waals surface area contributed by atoms with Gasteiger partial charge in [0.15, 0.2) is 0 Å². The molecular weight excluding hydrogens is 392 g/mol. The maximum Gasteiger partial charge on any atom is 0.111 e. The maximum absolute atomic E-state index is 10.0. The SMILES string of the molecule is CCCCCCCCCCCCCCCCC/C=C/CO[C@@H]1CO[C@@H](CO)[C@H](O)[C@H]1O. The molecule has 0 aromatic heterocycles. The van der Waals surface area contributed by atoms with Crippen molar-refractivity contribution in [3.63, 3.8) is 0 Å². The summed E-state index contributed by atoms with van der Waals surface area (Å²) in [6.07, 6.45) is 22.5. The van der Waals surface area contributed by atoms with Crippen molar-refractivity contribution in [3.05, 3.63) is 12.2 Å². The molecule has 1 saturated heterocycles. The summed E-state index contributed by atoms with van der Waals surface area (Å²) in [4.78, 5) is 0. The van der Waals surface area contributed by atoms with Crippen LogP contribution in [0.15, 0.2) is 12.2 Å². The Kier molecular flexibility index (Phi) is 18.6. The summed E-state index contributed by atoms with van der Waals surface area (Å²) in [6, 6.07) is 0. The topological polar surface area (TPSA) is 79.2 Å². The first-order chi connectivity index (χ1) is 15.2. The van der Waals surface area contributed by atoms with Crippen LogP contribution in [0.3, 0.4) is 0 Å². The Hall–Kier alpha value is -0.460. The van der Waals surface area contributed by atoms with E-state index in [1.54, 1.807) is 0 Å². The van der Waals surface area contributed by atoms with Gasteiger partial charge in [-0.3, -0.25) is 0 Å². The van der Waals surface area contributed by atoms with Gasteiger partial charge in [-0.2, -0.15) is 0 Å². The van der Waals surface area contributed by atoms with E-state index in [-0.39, 0.29) is 13.2 Å². The van der Waals surface area contributed by atoms with Crippen molar-refractivity contribution in [1.29, 1.82) is 0 Å². The Morgan fingerprint density at radius 1 is 0.742 bits per heavy atom. The van der Waals surface area contributed by atoms with Gasteiger partial charge in [0.05, 0.1) is 19.8 Å². The minimum absolute atomic E-state index is 0.191. The largest absolute Gasteiger partial charge is 0.394 e. The normalized spacial score (nSPS) is 24.3. The highest BCUT2D eigenvalue weighted by Gasteiger charge is 2.38. The molecule has 0 aromatic rings. The number of ether oxygens (including phenoxy) is 2. The molecule has 31 heavy (non-hydrogen) atoms. The molecule has 1 aliphatic rings. The summed E-state index contributed by atoms with van der Waals surface area (Å²) in [5.41, 5.74) is 0. The van der Waals surface area contributed by atoms with Crippen molar-refractivity contribution in [2.24, 2.45) is 0 Å². The van der Waals surface area contributed by atoms with Gasteiger partial charge >= 0.3 is 0 Å². The number of aliphatic hydroxyl groups is 3. The van der Waals surface area contributed by atoms with E-state index in [0.29, 0.717) is 6.61 Å². The zero-order valence-electron chi connectivity index (χ0n) is 20.1. The Bertz CT molecular complexity index is 415. The van der Waals surface area contributed by atoms with Crippen molar-refractivity contribution < 1.29 is 24.8 Å². The van der Waals surface area contributed by atoms with E-state index in [1.807, 2.05) is 6.08 Å². The molecule has 1 rings (SSSR count). The summed E-state index contributed by atoms with van der Waals surface area (Å²) in [7, 11) is 0. The molecule has 0 spiro atoms. The third kappa shape index (κ3) is 14.3. The molecular formula is C26H50O5. The van der Waals surface area contributed by atoms with Crippen LogP contribution in [-0.2, 0) is 9.47 Å². The first kappa shape index (κ1) is 28.6. The first-order valence-corrected chi connectivity index (χ1v) is 13.1. The predicted octanol–water partition coefficient (Wildman–Crippen LogP) is 5.30. The summed E-state index contributed by atoms with van der Waals surface area (Å²) < 4.78 is 10.9. The van der Waals surface area contributed by atoms with Gasteiger partial charge in [-0.15, -0.1) is 0 Å². The molecule has 5 nitrogen and oxygen atoms in total. The molecule has 5 heteroatoms. The van der Waals surface area contributed by atoms with Crippen molar-refractivity contribution in [2.45, 2.75) is 134 Å². The minimum Gasteiger partial charge on any atom is -0.394 e. The van der Waals surface area contributed by atoms with Gasteiger partial charge in [-0.25, -0.2) is 0 Å². The zero-order valence-corrected chi connectivity index (χ0v) is 20.1. The second-order valence-electron chi connectivity index (χ2n) is 9.12. The fraction of sp³-hybridized carbons (Fsp3) is 0.923. The monoisotopic (exact) mass is 442 g/mol. The third-order valence-electron chi connectivity index (χ3n) is 6.31. The lowest BCUT2D eigenvalue weighted by atomic mass is 10.0. The molecule has 0 amide bonds. The van der Waals surface area contributed by atoms with Gasteiger partial charge in [-0.05, 0) is 12.8 Å². The zero-order chi connectivity index (χ0) is 22.6. The summed E-state index contributed by atoms with van der Waals surface area (Å²) in [5.74, 6) is 0. The van der Waals surface area contributed by atoms with Crippen molar-refractivity contribution >= 4 is 0 Å². The Balaban J connectivity index is 1.82. The van der Waals surface area contributed by atoms with Gasteiger partial charge in [-0.1, -0.05) is 109 Å². The van der Waals surface area contributed by atoms with Crippen molar-refractivity contribution in [2.75, 3.05) is 19.8 Å². The van der Waals surface area contributed by atoms with Crippen LogP contribution in [0.1, 0.15) is 110 Å². The molecule has 0 aromatic carbocycles. The molecule has 184 valence electrons.